The van der Waals surface area contributed by atoms with Gasteiger partial charge >= 0.3 is 0 Å². The van der Waals surface area contributed by atoms with E-state index in [9.17, 15) is 18.8 Å². The molecule has 3 atom stereocenters. The number of benzene rings is 1. The minimum Gasteiger partial charge on any atom is -0.342 e. The lowest BCUT2D eigenvalue weighted by molar-refractivity contribution is -0.140. The van der Waals surface area contributed by atoms with Gasteiger partial charge in [-0.25, -0.2) is 9.37 Å². The van der Waals surface area contributed by atoms with Crippen LogP contribution in [-0.2, 0) is 29.0 Å². The Labute approximate surface area is 236 Å². The quantitative estimate of drug-likeness (QED) is 0.471. The Bertz CT molecular complexity index is 1180. The van der Waals surface area contributed by atoms with Crippen molar-refractivity contribution in [3.63, 3.8) is 0 Å². The van der Waals surface area contributed by atoms with E-state index in [4.69, 9.17) is 0 Å². The van der Waals surface area contributed by atoms with Crippen molar-refractivity contribution in [2.75, 3.05) is 26.7 Å². The Kier molecular flexibility index (Phi) is 9.28. The fraction of sp³-hybridized carbons (Fsp3) is 0.600. The van der Waals surface area contributed by atoms with Gasteiger partial charge in [-0.2, -0.15) is 0 Å². The highest BCUT2D eigenvalue weighted by Crippen LogP contribution is 2.27. The van der Waals surface area contributed by atoms with Gasteiger partial charge in [0, 0.05) is 44.8 Å². The number of carbonyl (C=O) groups is 3. The van der Waals surface area contributed by atoms with Crippen molar-refractivity contribution in [3.8, 4) is 0 Å². The van der Waals surface area contributed by atoms with Gasteiger partial charge in [0.2, 0.25) is 11.8 Å². The molecule has 1 aromatic heterocycles. The van der Waals surface area contributed by atoms with E-state index in [0.29, 0.717) is 31.7 Å². The summed E-state index contributed by atoms with van der Waals surface area (Å²) in [5, 5.41) is 5.89. The lowest BCUT2D eigenvalue weighted by Gasteiger charge is -2.37. The van der Waals surface area contributed by atoms with Crippen molar-refractivity contribution >= 4 is 17.7 Å². The van der Waals surface area contributed by atoms with Crippen molar-refractivity contribution in [2.24, 2.45) is 5.41 Å². The normalized spacial score (nSPS) is 18.4. The van der Waals surface area contributed by atoms with E-state index >= 15 is 0 Å². The number of fused-ring (bicyclic) bond motifs is 1. The van der Waals surface area contributed by atoms with E-state index in [1.54, 1.807) is 31.0 Å². The Morgan fingerprint density at radius 1 is 1.15 bits per heavy atom. The van der Waals surface area contributed by atoms with E-state index in [1.807, 2.05) is 36.4 Å². The molecule has 10 heteroatoms. The second kappa shape index (κ2) is 12.5. The van der Waals surface area contributed by atoms with Gasteiger partial charge < -0.3 is 25.0 Å². The number of hydrogen-bond donors (Lipinski definition) is 2. The molecule has 9 nitrogen and oxygen atoms in total. The fourth-order valence-corrected chi connectivity index (χ4v) is 5.49. The van der Waals surface area contributed by atoms with Crippen molar-refractivity contribution in [3.05, 3.63) is 53.4 Å². The molecular formula is C30H43FN6O3. The maximum absolute atomic E-state index is 13.9. The maximum Gasteiger partial charge on any atom is 0.274 e. The first-order valence-corrected chi connectivity index (χ1v) is 14.4. The first kappa shape index (κ1) is 29.7. The Hall–Kier alpha value is -3.27. The first-order chi connectivity index (χ1) is 19.0. The van der Waals surface area contributed by atoms with Crippen LogP contribution in [0.5, 0.6) is 0 Å². The zero-order valence-electron chi connectivity index (χ0n) is 24.4. The summed E-state index contributed by atoms with van der Waals surface area (Å²) in [7, 11) is 1.71. The topological polar surface area (TPSA) is 99.6 Å². The summed E-state index contributed by atoms with van der Waals surface area (Å²) in [6.07, 6.45) is 5.88. The predicted molar refractivity (Wildman–Crippen MR) is 151 cm³/mol. The Morgan fingerprint density at radius 2 is 1.88 bits per heavy atom. The van der Waals surface area contributed by atoms with Gasteiger partial charge in [-0.15, -0.1) is 0 Å². The average molecular weight is 555 g/mol. The minimum atomic E-state index is -0.698. The molecule has 1 aromatic carbocycles. The number of aryl methyl sites for hydroxylation is 2. The molecule has 2 aromatic rings. The molecule has 2 N–H and O–H groups in total. The SMILES string of the molecule is CNC(C)C(=O)NC(C(=O)N1CCCC1CN(CCc1ccc(F)cc1)C(=O)c1cn2c(n1)CCC2)C(C)(C)C. The smallest absolute Gasteiger partial charge is 0.274 e. The van der Waals surface area contributed by atoms with Gasteiger partial charge in [0.15, 0.2) is 0 Å². The second-order valence-corrected chi connectivity index (χ2v) is 12.1. The highest BCUT2D eigenvalue weighted by atomic mass is 19.1. The van der Waals surface area contributed by atoms with Crippen LogP contribution in [0.4, 0.5) is 4.39 Å². The van der Waals surface area contributed by atoms with Crippen LogP contribution < -0.4 is 10.6 Å². The van der Waals surface area contributed by atoms with Crippen LogP contribution in [-0.4, -0.2) is 81.9 Å². The van der Waals surface area contributed by atoms with Crippen LogP contribution in [0.3, 0.4) is 0 Å². The predicted octanol–water partition coefficient (Wildman–Crippen LogP) is 2.78. The molecule has 0 aliphatic carbocycles. The molecule has 3 amide bonds. The van der Waals surface area contributed by atoms with Crippen LogP contribution in [0, 0.1) is 11.2 Å². The van der Waals surface area contributed by atoms with Gasteiger partial charge in [-0.05, 0) is 62.8 Å². The molecule has 1 fully saturated rings. The number of amides is 3. The van der Waals surface area contributed by atoms with Crippen molar-refractivity contribution in [1.29, 1.82) is 0 Å². The highest BCUT2D eigenvalue weighted by Gasteiger charge is 2.41. The summed E-state index contributed by atoms with van der Waals surface area (Å²) < 4.78 is 15.5. The first-order valence-electron chi connectivity index (χ1n) is 14.4. The molecule has 0 radical (unpaired) electrons. The summed E-state index contributed by atoms with van der Waals surface area (Å²) in [5.41, 5.74) is 0.855. The number of hydrogen-bond acceptors (Lipinski definition) is 5. The van der Waals surface area contributed by atoms with E-state index in [0.717, 1.165) is 43.6 Å². The summed E-state index contributed by atoms with van der Waals surface area (Å²) >= 11 is 0. The van der Waals surface area contributed by atoms with Gasteiger partial charge in [0.05, 0.1) is 6.04 Å². The van der Waals surface area contributed by atoms with Gasteiger partial charge in [-0.3, -0.25) is 14.4 Å². The number of halogens is 1. The standard InChI is InChI=1S/C30H43FN6O3/c1-20(32-5)27(38)34-26(30(2,3)4)29(40)37-16-6-8-23(37)18-36(17-14-21-10-12-22(31)13-11-21)28(39)24-19-35-15-7-9-25(35)33-24/h10-13,19-20,23,26,32H,6-9,14-18H2,1-5H3,(H,34,38). The molecule has 2 aliphatic rings. The van der Waals surface area contributed by atoms with Crippen LogP contribution in [0.15, 0.2) is 30.5 Å². The Morgan fingerprint density at radius 3 is 2.52 bits per heavy atom. The van der Waals surface area contributed by atoms with Crippen LogP contribution in [0.1, 0.15) is 68.8 Å². The third-order valence-corrected chi connectivity index (χ3v) is 8.07. The number of rotatable bonds is 10. The lowest BCUT2D eigenvalue weighted by Crippen LogP contribution is -2.59. The van der Waals surface area contributed by atoms with Gasteiger partial charge in [0.25, 0.3) is 5.91 Å². The third-order valence-electron chi connectivity index (χ3n) is 8.07. The van der Waals surface area contributed by atoms with Crippen LogP contribution in [0.2, 0.25) is 0 Å². The number of likely N-dealkylation sites (N-methyl/N-ethyl adjacent to an activating group) is 1. The number of nitrogens with one attached hydrogen (secondary N) is 2. The van der Waals surface area contributed by atoms with E-state index in [2.05, 4.69) is 15.6 Å². The van der Waals surface area contributed by atoms with E-state index in [-0.39, 0.29) is 29.6 Å². The second-order valence-electron chi connectivity index (χ2n) is 12.1. The maximum atomic E-state index is 13.9. The molecule has 2 aliphatic heterocycles. The van der Waals surface area contributed by atoms with Crippen molar-refractivity contribution < 1.29 is 18.8 Å². The molecular weight excluding hydrogens is 511 g/mol. The monoisotopic (exact) mass is 554 g/mol. The molecule has 3 heterocycles. The average Bonchev–Trinajstić information content (AvgIpc) is 3.65. The molecule has 218 valence electrons. The molecule has 40 heavy (non-hydrogen) atoms. The fourth-order valence-electron chi connectivity index (χ4n) is 5.49. The van der Waals surface area contributed by atoms with E-state index < -0.39 is 17.5 Å². The number of carbonyl (C=O) groups excluding carboxylic acids is 3. The van der Waals surface area contributed by atoms with Gasteiger partial charge in [0.1, 0.15) is 23.4 Å². The lowest BCUT2D eigenvalue weighted by atomic mass is 9.85. The third kappa shape index (κ3) is 6.89. The van der Waals surface area contributed by atoms with Crippen molar-refractivity contribution in [1.82, 2.24) is 30.0 Å². The zero-order valence-corrected chi connectivity index (χ0v) is 24.4. The molecule has 4 rings (SSSR count). The summed E-state index contributed by atoms with van der Waals surface area (Å²) in [6.45, 7) is 9.82. The Balaban J connectivity index is 1.53. The van der Waals surface area contributed by atoms with Crippen LogP contribution in [0.25, 0.3) is 0 Å². The summed E-state index contributed by atoms with van der Waals surface area (Å²) in [6, 6.07) is 5.01. The van der Waals surface area contributed by atoms with E-state index in [1.165, 1.54) is 12.1 Å². The van der Waals surface area contributed by atoms with Crippen LogP contribution >= 0.6 is 0 Å². The molecule has 0 spiro atoms. The summed E-state index contributed by atoms with van der Waals surface area (Å²) in [4.78, 5) is 48.6. The molecule has 1 saturated heterocycles. The minimum absolute atomic E-state index is 0.126. The zero-order chi connectivity index (χ0) is 29.0. The number of aromatic nitrogens is 2. The number of nitrogens with zero attached hydrogens (tertiary/aromatic N) is 4. The summed E-state index contributed by atoms with van der Waals surface area (Å²) in [5.74, 6) is 0.119. The van der Waals surface area contributed by atoms with Crippen molar-refractivity contribution in [2.45, 2.75) is 84.5 Å². The molecule has 0 saturated carbocycles. The highest BCUT2D eigenvalue weighted by molar-refractivity contribution is 5.93. The van der Waals surface area contributed by atoms with Gasteiger partial charge in [-0.1, -0.05) is 32.9 Å². The number of imidazole rings is 1. The number of likely N-dealkylation sites (tertiary alicyclic amines) is 1. The molecule has 0 bridgehead atoms. The molecule has 3 unspecified atom stereocenters. The largest absolute Gasteiger partial charge is 0.342 e.